The molecule has 0 heterocycles. The van der Waals surface area contributed by atoms with E-state index in [0.717, 1.165) is 0 Å². The quantitative estimate of drug-likeness (QED) is 0.525. The lowest BCUT2D eigenvalue weighted by atomic mass is 9.69. The third kappa shape index (κ3) is 2.15. The van der Waals surface area contributed by atoms with Crippen LogP contribution in [0.3, 0.4) is 0 Å². The van der Waals surface area contributed by atoms with Crippen molar-refractivity contribution in [1.29, 1.82) is 0 Å². The Morgan fingerprint density at radius 1 is 1.38 bits per heavy atom. The maximum atomic E-state index is 12.1. The van der Waals surface area contributed by atoms with Crippen molar-refractivity contribution < 1.29 is 19.1 Å². The highest BCUT2D eigenvalue weighted by Crippen LogP contribution is 2.32. The van der Waals surface area contributed by atoms with Gasteiger partial charge >= 0.3 is 5.97 Å². The average Bonchev–Trinajstić information content (AvgIpc) is 2.15. The minimum Gasteiger partial charge on any atom is -0.468 e. The largest absolute Gasteiger partial charge is 0.468 e. The van der Waals surface area contributed by atoms with E-state index >= 15 is 0 Å². The Morgan fingerprint density at radius 3 is 2.38 bits per heavy atom. The minimum absolute atomic E-state index is 0.0485. The number of ketones is 2. The molecule has 0 aliphatic heterocycles. The zero-order valence-corrected chi connectivity index (χ0v) is 10.1. The predicted octanol–water partition coefficient (Wildman–Crippen LogP) is 1.23. The number of carbonyl (C=O) groups excluding carboxylic acids is 3. The Bertz CT molecular complexity index is 319. The van der Waals surface area contributed by atoms with Gasteiger partial charge in [0.05, 0.1) is 13.0 Å². The number of hydrogen-bond donors (Lipinski definition) is 0. The molecule has 1 saturated carbocycles. The summed E-state index contributed by atoms with van der Waals surface area (Å²) < 4.78 is 4.62. The van der Waals surface area contributed by atoms with E-state index in [1.54, 1.807) is 6.92 Å². The summed E-state index contributed by atoms with van der Waals surface area (Å²) in [6, 6.07) is 0. The van der Waals surface area contributed by atoms with Gasteiger partial charge in [-0.1, -0.05) is 20.8 Å². The number of hydrogen-bond acceptors (Lipinski definition) is 4. The normalized spacial score (nSPS) is 30.7. The third-order valence-electron chi connectivity index (χ3n) is 3.17. The van der Waals surface area contributed by atoms with E-state index < -0.39 is 17.8 Å². The van der Waals surface area contributed by atoms with E-state index in [0.29, 0.717) is 0 Å². The Balaban J connectivity index is 2.99. The second kappa shape index (κ2) is 4.76. The second-order valence-electron chi connectivity index (χ2n) is 4.77. The lowest BCUT2D eigenvalue weighted by Gasteiger charge is -2.31. The summed E-state index contributed by atoms with van der Waals surface area (Å²) in [5, 5.41) is 0. The van der Waals surface area contributed by atoms with E-state index in [4.69, 9.17) is 0 Å². The highest BCUT2D eigenvalue weighted by atomic mass is 16.5. The van der Waals surface area contributed by atoms with E-state index in [9.17, 15) is 14.4 Å². The van der Waals surface area contributed by atoms with Crippen LogP contribution in [0, 0.1) is 23.7 Å². The fraction of sp³-hybridized carbons (Fsp3) is 0.750. The monoisotopic (exact) mass is 226 g/mol. The summed E-state index contributed by atoms with van der Waals surface area (Å²) in [5.41, 5.74) is 0. The molecule has 0 spiro atoms. The molecule has 4 heteroatoms. The first-order valence-electron chi connectivity index (χ1n) is 5.54. The molecule has 1 aliphatic carbocycles. The number of carbonyl (C=O) groups is 3. The van der Waals surface area contributed by atoms with Gasteiger partial charge < -0.3 is 4.74 Å². The summed E-state index contributed by atoms with van der Waals surface area (Å²) in [5.74, 6) is -2.55. The van der Waals surface area contributed by atoms with Gasteiger partial charge in [-0.3, -0.25) is 14.4 Å². The molecule has 0 radical (unpaired) electrons. The topological polar surface area (TPSA) is 60.4 Å². The van der Waals surface area contributed by atoms with Crippen molar-refractivity contribution in [2.24, 2.45) is 23.7 Å². The molecule has 4 nitrogen and oxygen atoms in total. The molecule has 0 amide bonds. The van der Waals surface area contributed by atoms with Crippen molar-refractivity contribution in [3.8, 4) is 0 Å². The van der Waals surface area contributed by atoms with Crippen molar-refractivity contribution in [1.82, 2.24) is 0 Å². The molecule has 0 saturated heterocycles. The molecule has 1 rings (SSSR count). The fourth-order valence-corrected chi connectivity index (χ4v) is 2.37. The first kappa shape index (κ1) is 12.9. The van der Waals surface area contributed by atoms with Crippen LogP contribution in [-0.4, -0.2) is 24.6 Å². The van der Waals surface area contributed by atoms with Gasteiger partial charge in [0.2, 0.25) is 0 Å². The summed E-state index contributed by atoms with van der Waals surface area (Å²) in [4.78, 5) is 35.3. The van der Waals surface area contributed by atoms with Gasteiger partial charge in [-0.2, -0.15) is 0 Å². The van der Waals surface area contributed by atoms with Crippen LogP contribution in [0.15, 0.2) is 0 Å². The Morgan fingerprint density at radius 2 is 1.94 bits per heavy atom. The maximum absolute atomic E-state index is 12.1. The van der Waals surface area contributed by atoms with Crippen LogP contribution in [0.5, 0.6) is 0 Å². The van der Waals surface area contributed by atoms with Crippen molar-refractivity contribution >= 4 is 17.5 Å². The third-order valence-corrected chi connectivity index (χ3v) is 3.17. The molecule has 1 aliphatic rings. The van der Waals surface area contributed by atoms with Crippen LogP contribution in [0.25, 0.3) is 0 Å². The first-order chi connectivity index (χ1) is 7.40. The van der Waals surface area contributed by atoms with Gasteiger partial charge in [0.1, 0.15) is 11.7 Å². The van der Waals surface area contributed by atoms with Crippen LogP contribution in [0.2, 0.25) is 0 Å². The maximum Gasteiger partial charge on any atom is 0.316 e. The highest BCUT2D eigenvalue weighted by Gasteiger charge is 2.46. The molecule has 0 aromatic heterocycles. The molecule has 0 bridgehead atoms. The van der Waals surface area contributed by atoms with Crippen LogP contribution in [0.1, 0.15) is 27.2 Å². The molecule has 16 heavy (non-hydrogen) atoms. The molecule has 0 aromatic carbocycles. The van der Waals surface area contributed by atoms with Crippen LogP contribution < -0.4 is 0 Å². The van der Waals surface area contributed by atoms with Crippen LogP contribution in [-0.2, 0) is 19.1 Å². The smallest absolute Gasteiger partial charge is 0.316 e. The van der Waals surface area contributed by atoms with Gasteiger partial charge in [0.15, 0.2) is 5.78 Å². The summed E-state index contributed by atoms with van der Waals surface area (Å²) in [6.07, 6.45) is 0.286. The average molecular weight is 226 g/mol. The zero-order chi connectivity index (χ0) is 12.5. The molecule has 0 aromatic rings. The predicted molar refractivity (Wildman–Crippen MR) is 57.6 cm³/mol. The zero-order valence-electron chi connectivity index (χ0n) is 10.1. The van der Waals surface area contributed by atoms with E-state index in [1.807, 2.05) is 13.8 Å². The lowest BCUT2D eigenvalue weighted by Crippen LogP contribution is -2.46. The first-order valence-corrected chi connectivity index (χ1v) is 5.54. The Hall–Kier alpha value is -1.19. The molecule has 1 fully saturated rings. The highest BCUT2D eigenvalue weighted by molar-refractivity contribution is 6.12. The van der Waals surface area contributed by atoms with Crippen molar-refractivity contribution in [2.75, 3.05) is 7.11 Å². The van der Waals surface area contributed by atoms with E-state index in [-0.39, 0.29) is 29.8 Å². The van der Waals surface area contributed by atoms with Crippen LogP contribution in [0.4, 0.5) is 0 Å². The summed E-state index contributed by atoms with van der Waals surface area (Å²) in [7, 11) is 1.27. The van der Waals surface area contributed by atoms with Gasteiger partial charge in [-0.25, -0.2) is 0 Å². The SMILES string of the molecule is COC(=O)C1C(=O)C(C(C)C)C(=O)CC1C. The van der Waals surface area contributed by atoms with Crippen LogP contribution >= 0.6 is 0 Å². The van der Waals surface area contributed by atoms with Gasteiger partial charge in [-0.15, -0.1) is 0 Å². The molecule has 0 N–H and O–H groups in total. The molecular formula is C12H18O4. The van der Waals surface area contributed by atoms with Crippen molar-refractivity contribution in [3.05, 3.63) is 0 Å². The van der Waals surface area contributed by atoms with Gasteiger partial charge in [-0.05, 0) is 11.8 Å². The molecular weight excluding hydrogens is 208 g/mol. The minimum atomic E-state index is -0.768. The fourth-order valence-electron chi connectivity index (χ4n) is 2.37. The second-order valence-corrected chi connectivity index (χ2v) is 4.77. The Kier molecular flexibility index (Phi) is 3.83. The van der Waals surface area contributed by atoms with Gasteiger partial charge in [0.25, 0.3) is 0 Å². The summed E-state index contributed by atoms with van der Waals surface area (Å²) >= 11 is 0. The molecule has 3 unspecified atom stereocenters. The van der Waals surface area contributed by atoms with E-state index in [2.05, 4.69) is 4.74 Å². The number of Topliss-reactive ketones (excluding diaryl/α,β-unsaturated/α-hetero) is 2. The molecule has 90 valence electrons. The molecule has 3 atom stereocenters. The number of methoxy groups -OCH3 is 1. The van der Waals surface area contributed by atoms with Crippen molar-refractivity contribution in [2.45, 2.75) is 27.2 Å². The standard InChI is InChI=1S/C12H18O4/c1-6(2)9-8(13)5-7(3)10(11(9)14)12(15)16-4/h6-7,9-10H,5H2,1-4H3. The van der Waals surface area contributed by atoms with E-state index in [1.165, 1.54) is 7.11 Å². The van der Waals surface area contributed by atoms with Gasteiger partial charge in [0, 0.05) is 6.42 Å². The Labute approximate surface area is 95.3 Å². The number of rotatable bonds is 2. The summed E-state index contributed by atoms with van der Waals surface area (Å²) in [6.45, 7) is 5.39. The number of esters is 1. The van der Waals surface area contributed by atoms with Crippen molar-refractivity contribution in [3.63, 3.8) is 0 Å². The lowest BCUT2D eigenvalue weighted by molar-refractivity contribution is -0.157. The number of ether oxygens (including phenoxy) is 1.